The molecule has 0 aromatic rings. The molecule has 0 aromatic carbocycles. The van der Waals surface area contributed by atoms with Crippen LogP contribution in [0.15, 0.2) is 0 Å². The molecule has 3 heterocycles. The van der Waals surface area contributed by atoms with Crippen LogP contribution in [0.1, 0.15) is 19.8 Å². The maximum Gasteiger partial charge on any atom is 0.151 e. The Hall–Kier alpha value is -0.450. The minimum absolute atomic E-state index is 0.0978. The summed E-state index contributed by atoms with van der Waals surface area (Å²) >= 11 is 0. The molecule has 3 aliphatic rings. The number of aliphatic hydroxyl groups excluding tert-OH is 1. The van der Waals surface area contributed by atoms with Crippen molar-refractivity contribution in [3.05, 3.63) is 0 Å². The molecule has 2 bridgehead atoms. The summed E-state index contributed by atoms with van der Waals surface area (Å²) in [6.45, 7) is 2.97. The summed E-state index contributed by atoms with van der Waals surface area (Å²) < 4.78 is 5.79. The van der Waals surface area contributed by atoms with Gasteiger partial charge in [-0.2, -0.15) is 0 Å². The molecule has 0 spiro atoms. The monoisotopic (exact) mass is 239 g/mol. The molecule has 3 saturated heterocycles. The van der Waals surface area contributed by atoms with E-state index in [1.165, 1.54) is 0 Å². The fourth-order valence-electron chi connectivity index (χ4n) is 4.16. The van der Waals surface area contributed by atoms with Crippen LogP contribution >= 0.6 is 0 Å². The minimum atomic E-state index is 0.0978. The summed E-state index contributed by atoms with van der Waals surface area (Å²) in [5, 5.41) is 9.55. The average molecular weight is 239 g/mol. The highest BCUT2D eigenvalue weighted by atomic mass is 16.5. The molecule has 4 nitrogen and oxygen atoms in total. The maximum atomic E-state index is 11.9. The van der Waals surface area contributed by atoms with E-state index in [2.05, 4.69) is 11.9 Å². The number of ketones is 1. The number of ether oxygens (including phenoxy) is 1. The molecule has 6 atom stereocenters. The normalized spacial score (nSPS) is 50.4. The fraction of sp³-hybridized carbons (Fsp3) is 0.923. The SMILES string of the molecule is C[C@@H]1OC[C@@H]2[C@@H](C[C@H]3C(=O)C[C@@H]2N3C)[C@H]1CO. The van der Waals surface area contributed by atoms with Crippen LogP contribution < -0.4 is 0 Å². The number of Topliss-reactive ketones (excluding diaryl/α,β-unsaturated/α-hetero) is 1. The van der Waals surface area contributed by atoms with Gasteiger partial charge in [0, 0.05) is 30.9 Å². The quantitative estimate of drug-likeness (QED) is 0.714. The summed E-state index contributed by atoms with van der Waals surface area (Å²) in [6.07, 6.45) is 1.72. The number of hydrogen-bond acceptors (Lipinski definition) is 4. The molecule has 3 fully saturated rings. The second-order valence-electron chi connectivity index (χ2n) is 5.87. The average Bonchev–Trinajstić information content (AvgIpc) is 2.50. The molecule has 3 rings (SSSR count). The van der Waals surface area contributed by atoms with Crippen molar-refractivity contribution in [2.45, 2.75) is 38.0 Å². The van der Waals surface area contributed by atoms with Crippen molar-refractivity contribution < 1.29 is 14.6 Å². The number of fused-ring (bicyclic) bond motifs is 4. The van der Waals surface area contributed by atoms with Crippen LogP contribution in [0.4, 0.5) is 0 Å². The number of rotatable bonds is 1. The van der Waals surface area contributed by atoms with E-state index in [0.717, 1.165) is 13.0 Å². The maximum absolute atomic E-state index is 11.9. The van der Waals surface area contributed by atoms with Gasteiger partial charge in [-0.15, -0.1) is 0 Å². The predicted octanol–water partition coefficient (Wildman–Crippen LogP) is 0.292. The Kier molecular flexibility index (Phi) is 2.76. The number of carbonyl (C=O) groups excluding carboxylic acids is 1. The molecule has 0 amide bonds. The van der Waals surface area contributed by atoms with Gasteiger partial charge in [-0.3, -0.25) is 9.69 Å². The summed E-state index contributed by atoms with van der Waals surface area (Å²) in [6, 6.07) is 0.438. The van der Waals surface area contributed by atoms with Crippen LogP contribution in [-0.4, -0.2) is 54.2 Å². The Morgan fingerprint density at radius 3 is 2.94 bits per heavy atom. The molecular formula is C13H21NO3. The van der Waals surface area contributed by atoms with Gasteiger partial charge in [0.2, 0.25) is 0 Å². The number of nitrogens with zero attached hydrogens (tertiary/aromatic N) is 1. The summed E-state index contributed by atoms with van der Waals surface area (Å²) in [4.78, 5) is 14.2. The molecule has 4 heteroatoms. The first-order chi connectivity index (χ1) is 8.13. The highest BCUT2D eigenvalue weighted by Gasteiger charge is 2.53. The topological polar surface area (TPSA) is 49.8 Å². The van der Waals surface area contributed by atoms with Crippen LogP contribution in [0.25, 0.3) is 0 Å². The van der Waals surface area contributed by atoms with Gasteiger partial charge in [-0.1, -0.05) is 0 Å². The second kappa shape index (κ2) is 4.04. The standard InChI is InChI=1S/C13H21NO3/c1-7-9(5-15)8-3-12-13(16)4-11(14(12)2)10(8)6-17-7/h7-12,15H,3-6H2,1-2H3/t7-,8-,9-,10+,11-,12-/m0/s1. The van der Waals surface area contributed by atoms with Gasteiger partial charge in [0.15, 0.2) is 5.78 Å². The van der Waals surface area contributed by atoms with Crippen LogP contribution in [0.2, 0.25) is 0 Å². The van der Waals surface area contributed by atoms with Crippen molar-refractivity contribution in [2.75, 3.05) is 20.3 Å². The smallest absolute Gasteiger partial charge is 0.151 e. The van der Waals surface area contributed by atoms with Gasteiger partial charge in [0.1, 0.15) is 0 Å². The zero-order valence-electron chi connectivity index (χ0n) is 10.5. The van der Waals surface area contributed by atoms with E-state index in [0.29, 0.717) is 30.1 Å². The molecule has 1 N–H and O–H groups in total. The molecule has 0 radical (unpaired) electrons. The van der Waals surface area contributed by atoms with Crippen LogP contribution in [0.5, 0.6) is 0 Å². The fourth-order valence-corrected chi connectivity index (χ4v) is 4.16. The number of hydrogen-bond donors (Lipinski definition) is 1. The summed E-state index contributed by atoms with van der Waals surface area (Å²) in [5.74, 6) is 1.48. The zero-order valence-corrected chi connectivity index (χ0v) is 10.5. The first-order valence-electron chi connectivity index (χ1n) is 6.60. The van der Waals surface area contributed by atoms with Gasteiger partial charge >= 0.3 is 0 Å². The molecule has 0 unspecified atom stereocenters. The van der Waals surface area contributed by atoms with Crippen LogP contribution in [0.3, 0.4) is 0 Å². The first kappa shape index (κ1) is 11.6. The lowest BCUT2D eigenvalue weighted by molar-refractivity contribution is -0.137. The molecule has 0 aliphatic carbocycles. The van der Waals surface area contributed by atoms with Crippen molar-refractivity contribution in [1.82, 2.24) is 4.90 Å². The molecule has 0 saturated carbocycles. The van der Waals surface area contributed by atoms with Crippen molar-refractivity contribution >= 4 is 5.78 Å². The van der Waals surface area contributed by atoms with Gasteiger partial charge in [-0.25, -0.2) is 0 Å². The van der Waals surface area contributed by atoms with E-state index < -0.39 is 0 Å². The van der Waals surface area contributed by atoms with E-state index >= 15 is 0 Å². The molecule has 17 heavy (non-hydrogen) atoms. The Morgan fingerprint density at radius 1 is 1.47 bits per heavy atom. The summed E-state index contributed by atoms with van der Waals surface area (Å²) in [5.41, 5.74) is 0. The van der Waals surface area contributed by atoms with Crippen LogP contribution in [-0.2, 0) is 9.53 Å². The highest BCUT2D eigenvalue weighted by Crippen LogP contribution is 2.46. The Morgan fingerprint density at radius 2 is 2.24 bits per heavy atom. The summed E-state index contributed by atoms with van der Waals surface area (Å²) in [7, 11) is 2.06. The second-order valence-corrected chi connectivity index (χ2v) is 5.87. The first-order valence-corrected chi connectivity index (χ1v) is 6.60. The third-order valence-electron chi connectivity index (χ3n) is 5.25. The van der Waals surface area contributed by atoms with Crippen molar-refractivity contribution in [3.8, 4) is 0 Å². The molecular weight excluding hydrogens is 218 g/mol. The molecule has 0 aromatic heterocycles. The lowest BCUT2D eigenvalue weighted by Crippen LogP contribution is -2.55. The van der Waals surface area contributed by atoms with Gasteiger partial charge in [-0.05, 0) is 26.3 Å². The van der Waals surface area contributed by atoms with E-state index in [4.69, 9.17) is 4.74 Å². The third kappa shape index (κ3) is 1.58. The molecule has 96 valence electrons. The third-order valence-corrected chi connectivity index (χ3v) is 5.25. The Balaban J connectivity index is 1.88. The number of carbonyl (C=O) groups is 1. The van der Waals surface area contributed by atoms with Crippen LogP contribution in [0, 0.1) is 17.8 Å². The largest absolute Gasteiger partial charge is 0.396 e. The number of aliphatic hydroxyl groups is 1. The Bertz CT molecular complexity index is 333. The highest BCUT2D eigenvalue weighted by molar-refractivity contribution is 5.87. The molecule has 3 aliphatic heterocycles. The zero-order chi connectivity index (χ0) is 12.2. The van der Waals surface area contributed by atoms with E-state index in [1.807, 2.05) is 6.92 Å². The van der Waals surface area contributed by atoms with Crippen molar-refractivity contribution in [3.63, 3.8) is 0 Å². The van der Waals surface area contributed by atoms with Crippen molar-refractivity contribution in [2.24, 2.45) is 17.8 Å². The van der Waals surface area contributed by atoms with E-state index in [9.17, 15) is 9.90 Å². The predicted molar refractivity (Wildman–Crippen MR) is 62.5 cm³/mol. The minimum Gasteiger partial charge on any atom is -0.396 e. The van der Waals surface area contributed by atoms with E-state index in [-0.39, 0.29) is 24.7 Å². The van der Waals surface area contributed by atoms with Gasteiger partial charge < -0.3 is 9.84 Å². The lowest BCUT2D eigenvalue weighted by Gasteiger charge is -2.49. The van der Waals surface area contributed by atoms with Gasteiger partial charge in [0.05, 0.1) is 18.8 Å². The number of piperidine rings is 1. The number of likely N-dealkylation sites (N-methyl/N-ethyl adjacent to an activating group) is 1. The van der Waals surface area contributed by atoms with Gasteiger partial charge in [0.25, 0.3) is 0 Å². The Labute approximate surface area is 102 Å². The lowest BCUT2D eigenvalue weighted by atomic mass is 9.70. The van der Waals surface area contributed by atoms with E-state index in [1.54, 1.807) is 0 Å². The van der Waals surface area contributed by atoms with Crippen molar-refractivity contribution in [1.29, 1.82) is 0 Å².